The normalized spacial score (nSPS) is 14.6. The van der Waals surface area contributed by atoms with Gasteiger partial charge in [-0.3, -0.25) is 0 Å². The zero-order valence-electron chi connectivity index (χ0n) is 14.8. The van der Waals surface area contributed by atoms with Gasteiger partial charge in [0.1, 0.15) is 27.8 Å². The van der Waals surface area contributed by atoms with Gasteiger partial charge in [-0.1, -0.05) is 24.4 Å². The molecule has 0 amide bonds. The Morgan fingerprint density at radius 2 is 2.04 bits per heavy atom. The van der Waals surface area contributed by atoms with E-state index >= 15 is 0 Å². The second kappa shape index (κ2) is 7.70. The molecule has 27 heavy (non-hydrogen) atoms. The Kier molecular flexibility index (Phi) is 5.13. The minimum absolute atomic E-state index is 0.266. The average molecular weight is 399 g/mol. The van der Waals surface area contributed by atoms with Crippen molar-refractivity contribution in [3.63, 3.8) is 0 Å². The lowest BCUT2D eigenvalue weighted by Crippen LogP contribution is -2.49. The summed E-state index contributed by atoms with van der Waals surface area (Å²) in [6.07, 6.45) is 4.04. The molecule has 0 spiro atoms. The minimum Gasteiger partial charge on any atom is -0.359 e. The van der Waals surface area contributed by atoms with Crippen molar-refractivity contribution in [2.75, 3.05) is 31.1 Å². The third-order valence-electron chi connectivity index (χ3n) is 4.75. The summed E-state index contributed by atoms with van der Waals surface area (Å²) in [5, 5.41) is 3.12. The molecule has 138 valence electrons. The van der Waals surface area contributed by atoms with Crippen LogP contribution in [0.15, 0.2) is 48.6 Å². The van der Waals surface area contributed by atoms with Crippen LogP contribution in [0.2, 0.25) is 0 Å². The summed E-state index contributed by atoms with van der Waals surface area (Å²) in [7, 11) is 0. The van der Waals surface area contributed by atoms with Crippen LogP contribution in [0, 0.1) is 5.82 Å². The smallest absolute Gasteiger partial charge is 0.140 e. The first-order valence-corrected chi connectivity index (χ1v) is 10.1. The van der Waals surface area contributed by atoms with E-state index in [1.54, 1.807) is 35.9 Å². The molecule has 0 bridgehead atoms. The molecule has 1 fully saturated rings. The Morgan fingerprint density at radius 3 is 2.78 bits per heavy atom. The van der Waals surface area contributed by atoms with Crippen LogP contribution in [0.3, 0.4) is 0 Å². The lowest BCUT2D eigenvalue weighted by molar-refractivity contribution is 0.390. The topological polar surface area (TPSA) is 32.3 Å². The predicted octanol–water partition coefficient (Wildman–Crippen LogP) is 4.06. The monoisotopic (exact) mass is 398 g/mol. The minimum atomic E-state index is -0.266. The second-order valence-electron chi connectivity index (χ2n) is 6.42. The number of hydrogen-bond donors (Lipinski definition) is 0. The Bertz CT molecular complexity index is 993. The lowest BCUT2D eigenvalue weighted by atomic mass is 10.1. The molecule has 3 aromatic rings. The maximum absolute atomic E-state index is 14.5. The van der Waals surface area contributed by atoms with Crippen LogP contribution in [0.5, 0.6) is 0 Å². The molecule has 4 rings (SSSR count). The maximum atomic E-state index is 14.5. The number of benzene rings is 1. The van der Waals surface area contributed by atoms with Gasteiger partial charge in [-0.2, -0.15) is 0 Å². The van der Waals surface area contributed by atoms with E-state index in [1.165, 1.54) is 0 Å². The number of anilines is 1. The molecule has 0 unspecified atom stereocenters. The molecule has 1 aliphatic rings. The number of fused-ring (bicyclic) bond motifs is 1. The summed E-state index contributed by atoms with van der Waals surface area (Å²) in [5.41, 5.74) is 1.40. The molecular weight excluding hydrogens is 379 g/mol. The zero-order chi connectivity index (χ0) is 18.8. The Morgan fingerprint density at radius 1 is 1.22 bits per heavy atom. The van der Waals surface area contributed by atoms with Crippen molar-refractivity contribution < 1.29 is 4.39 Å². The van der Waals surface area contributed by atoms with Crippen molar-refractivity contribution in [2.24, 2.45) is 0 Å². The Labute approximate surface area is 167 Å². The number of rotatable bonds is 4. The van der Waals surface area contributed by atoms with Crippen LogP contribution in [-0.2, 0) is 6.42 Å². The molecule has 3 heterocycles. The van der Waals surface area contributed by atoms with Crippen molar-refractivity contribution in [2.45, 2.75) is 6.42 Å². The fourth-order valence-corrected chi connectivity index (χ4v) is 4.42. The van der Waals surface area contributed by atoms with E-state index in [9.17, 15) is 4.39 Å². The van der Waals surface area contributed by atoms with Crippen LogP contribution in [0.25, 0.3) is 10.2 Å². The average Bonchev–Trinajstić information content (AvgIpc) is 3.17. The number of halogens is 1. The summed E-state index contributed by atoms with van der Waals surface area (Å²) in [5.74, 6) is 0.698. The van der Waals surface area contributed by atoms with Crippen molar-refractivity contribution in [1.29, 1.82) is 0 Å². The highest BCUT2D eigenvalue weighted by molar-refractivity contribution is 7.80. The molecule has 2 aromatic heterocycles. The summed E-state index contributed by atoms with van der Waals surface area (Å²) in [4.78, 5) is 14.7. The number of thiophene rings is 1. The van der Waals surface area contributed by atoms with Gasteiger partial charge in [0, 0.05) is 31.7 Å². The van der Waals surface area contributed by atoms with Gasteiger partial charge in [-0.05, 0) is 35.6 Å². The number of hydrogen-bond acceptors (Lipinski definition) is 5. The highest BCUT2D eigenvalue weighted by Gasteiger charge is 2.23. The Hall–Kier alpha value is -2.38. The lowest BCUT2D eigenvalue weighted by Gasteiger charge is -2.37. The first-order valence-electron chi connectivity index (χ1n) is 8.79. The molecular formula is C20H19FN4S2. The fourth-order valence-electron chi connectivity index (χ4n) is 3.35. The largest absolute Gasteiger partial charge is 0.359 e. The van der Waals surface area contributed by atoms with Crippen molar-refractivity contribution >= 4 is 44.6 Å². The number of thiocarbonyl (C=S) groups is 1. The highest BCUT2D eigenvalue weighted by Crippen LogP contribution is 2.27. The van der Waals surface area contributed by atoms with E-state index in [2.05, 4.69) is 32.4 Å². The molecule has 4 nitrogen and oxygen atoms in total. The molecule has 7 heteroatoms. The van der Waals surface area contributed by atoms with Crippen LogP contribution in [0.4, 0.5) is 10.2 Å². The molecule has 0 atom stereocenters. The van der Waals surface area contributed by atoms with E-state index < -0.39 is 0 Å². The van der Waals surface area contributed by atoms with E-state index in [-0.39, 0.29) is 5.82 Å². The van der Waals surface area contributed by atoms with Gasteiger partial charge in [0.25, 0.3) is 0 Å². The highest BCUT2D eigenvalue weighted by atomic mass is 32.1. The van der Waals surface area contributed by atoms with Gasteiger partial charge in [0.15, 0.2) is 0 Å². The first kappa shape index (κ1) is 18.0. The van der Waals surface area contributed by atoms with Gasteiger partial charge in [-0.15, -0.1) is 17.9 Å². The standard InChI is InChI=1S/C20H19FN4S2/c1-2-3-14-4-5-15(17(21)12-14)20(26)25-9-7-24(8-10-25)18-16-6-11-27-19(16)23-13-22-18/h2,4-6,11-13H,1,3,7-10H2. The van der Waals surface area contributed by atoms with E-state index in [1.807, 2.05) is 11.4 Å². The van der Waals surface area contributed by atoms with Crippen LogP contribution >= 0.6 is 23.6 Å². The van der Waals surface area contributed by atoms with Crippen LogP contribution in [-0.4, -0.2) is 46.0 Å². The molecule has 1 saturated heterocycles. The van der Waals surface area contributed by atoms with Crippen molar-refractivity contribution in [3.8, 4) is 0 Å². The predicted molar refractivity (Wildman–Crippen MR) is 113 cm³/mol. The molecule has 1 aromatic carbocycles. The van der Waals surface area contributed by atoms with Crippen LogP contribution < -0.4 is 4.90 Å². The SMILES string of the molecule is C=CCc1ccc(C(=S)N2CCN(c3ncnc4sccc34)CC2)c(F)c1. The van der Waals surface area contributed by atoms with Gasteiger partial charge >= 0.3 is 0 Å². The quantitative estimate of drug-likeness (QED) is 0.489. The molecule has 0 radical (unpaired) electrons. The van der Waals surface area contributed by atoms with Crippen LogP contribution in [0.1, 0.15) is 11.1 Å². The molecule has 0 N–H and O–H groups in total. The molecule has 1 aliphatic heterocycles. The second-order valence-corrected chi connectivity index (χ2v) is 7.70. The van der Waals surface area contributed by atoms with E-state index in [4.69, 9.17) is 12.2 Å². The summed E-state index contributed by atoms with van der Waals surface area (Å²) in [6.45, 7) is 6.75. The van der Waals surface area contributed by atoms with Crippen molar-refractivity contribution in [3.05, 3.63) is 65.6 Å². The molecule has 0 saturated carbocycles. The maximum Gasteiger partial charge on any atom is 0.140 e. The summed E-state index contributed by atoms with van der Waals surface area (Å²) >= 11 is 7.20. The number of aromatic nitrogens is 2. The van der Waals surface area contributed by atoms with Gasteiger partial charge in [-0.25, -0.2) is 14.4 Å². The fraction of sp³-hybridized carbons (Fsp3) is 0.250. The Balaban J connectivity index is 1.47. The van der Waals surface area contributed by atoms with Gasteiger partial charge in [0.2, 0.25) is 0 Å². The van der Waals surface area contributed by atoms with E-state index in [0.717, 1.165) is 47.8 Å². The zero-order valence-corrected chi connectivity index (χ0v) is 16.4. The summed E-state index contributed by atoms with van der Waals surface area (Å²) < 4.78 is 14.5. The number of piperazine rings is 1. The van der Waals surface area contributed by atoms with E-state index in [0.29, 0.717) is 17.0 Å². The van der Waals surface area contributed by atoms with Gasteiger partial charge < -0.3 is 9.80 Å². The van der Waals surface area contributed by atoms with Crippen molar-refractivity contribution in [1.82, 2.24) is 14.9 Å². The number of nitrogens with zero attached hydrogens (tertiary/aromatic N) is 4. The third-order valence-corrected chi connectivity index (χ3v) is 6.05. The molecule has 0 aliphatic carbocycles. The van der Waals surface area contributed by atoms with Gasteiger partial charge in [0.05, 0.1) is 5.39 Å². The summed E-state index contributed by atoms with van der Waals surface area (Å²) in [6, 6.07) is 7.30. The number of allylic oxidation sites excluding steroid dienone is 1. The third kappa shape index (κ3) is 3.57. The first-order chi connectivity index (χ1) is 13.2.